The van der Waals surface area contributed by atoms with E-state index in [-0.39, 0.29) is 0 Å². The summed E-state index contributed by atoms with van der Waals surface area (Å²) in [5.41, 5.74) is 1.35. The molecule has 1 heterocycles. The van der Waals surface area contributed by atoms with Gasteiger partial charge in [0.15, 0.2) is 0 Å². The summed E-state index contributed by atoms with van der Waals surface area (Å²) < 4.78 is 0. The third-order valence-electron chi connectivity index (χ3n) is 2.40. The highest BCUT2D eigenvalue weighted by atomic mass is 15.5. The van der Waals surface area contributed by atoms with Gasteiger partial charge in [-0.05, 0) is 12.3 Å². The van der Waals surface area contributed by atoms with Crippen LogP contribution in [0.5, 0.6) is 0 Å². The van der Waals surface area contributed by atoms with E-state index in [0.29, 0.717) is 12.0 Å². The second kappa shape index (κ2) is 3.24. The normalized spacial score (nSPS) is 24.6. The Hall–Kier alpha value is -0.530. The molecule has 1 atom stereocenters. The first-order chi connectivity index (χ1) is 5.15. The molecule has 0 saturated heterocycles. The highest BCUT2D eigenvalue weighted by Crippen LogP contribution is 2.21. The van der Waals surface area contributed by atoms with Gasteiger partial charge in [-0.3, -0.25) is 5.01 Å². The molecule has 0 aromatic heterocycles. The molecular weight excluding hydrogens is 136 g/mol. The van der Waals surface area contributed by atoms with E-state index < -0.39 is 0 Å². The first-order valence-corrected chi connectivity index (χ1v) is 4.44. The number of nitrogens with zero attached hydrogens (tertiary/aromatic N) is 2. The van der Waals surface area contributed by atoms with Gasteiger partial charge in [-0.1, -0.05) is 20.8 Å². The minimum Gasteiger partial charge on any atom is -0.296 e. The second-order valence-corrected chi connectivity index (χ2v) is 3.61. The molecule has 64 valence electrons. The number of hydrogen-bond donors (Lipinski definition) is 0. The van der Waals surface area contributed by atoms with E-state index in [9.17, 15) is 0 Å². The summed E-state index contributed by atoms with van der Waals surface area (Å²) >= 11 is 0. The minimum absolute atomic E-state index is 0.643. The molecule has 0 bridgehead atoms. The Balaban J connectivity index is 2.54. The molecular formula is C9H18N2. The van der Waals surface area contributed by atoms with E-state index in [2.05, 4.69) is 37.9 Å². The van der Waals surface area contributed by atoms with Gasteiger partial charge in [-0.15, -0.1) is 0 Å². The average Bonchev–Trinajstić information content (AvgIpc) is 2.30. The van der Waals surface area contributed by atoms with Gasteiger partial charge in [0.25, 0.3) is 0 Å². The van der Waals surface area contributed by atoms with Gasteiger partial charge in [0, 0.05) is 19.2 Å². The lowest BCUT2D eigenvalue weighted by atomic mass is 9.99. The van der Waals surface area contributed by atoms with Crippen LogP contribution < -0.4 is 0 Å². The molecule has 0 aromatic rings. The first kappa shape index (κ1) is 8.57. The number of hydrogen-bond acceptors (Lipinski definition) is 2. The largest absolute Gasteiger partial charge is 0.296 e. The predicted molar refractivity (Wildman–Crippen MR) is 48.7 cm³/mol. The Bertz CT molecular complexity index is 161. The third kappa shape index (κ3) is 1.73. The summed E-state index contributed by atoms with van der Waals surface area (Å²) in [5, 5.41) is 6.57. The molecule has 1 aliphatic rings. The van der Waals surface area contributed by atoms with E-state index >= 15 is 0 Å². The van der Waals surface area contributed by atoms with Gasteiger partial charge in [0.1, 0.15) is 0 Å². The maximum Gasteiger partial charge on any atom is 0.0543 e. The Kier molecular flexibility index (Phi) is 2.53. The van der Waals surface area contributed by atoms with Crippen LogP contribution in [0.3, 0.4) is 0 Å². The van der Waals surface area contributed by atoms with E-state index in [1.54, 1.807) is 0 Å². The first-order valence-electron chi connectivity index (χ1n) is 4.44. The summed E-state index contributed by atoms with van der Waals surface area (Å²) in [6.45, 7) is 6.69. The van der Waals surface area contributed by atoms with Crippen LogP contribution >= 0.6 is 0 Å². The van der Waals surface area contributed by atoms with Crippen LogP contribution in [0.25, 0.3) is 0 Å². The quantitative estimate of drug-likeness (QED) is 0.595. The molecule has 0 N–H and O–H groups in total. The van der Waals surface area contributed by atoms with Crippen LogP contribution in [0.4, 0.5) is 0 Å². The lowest BCUT2D eigenvalue weighted by Gasteiger charge is -2.21. The third-order valence-corrected chi connectivity index (χ3v) is 2.40. The van der Waals surface area contributed by atoms with Crippen molar-refractivity contribution < 1.29 is 0 Å². The van der Waals surface area contributed by atoms with Gasteiger partial charge in [0.2, 0.25) is 0 Å². The summed E-state index contributed by atoms with van der Waals surface area (Å²) in [6.07, 6.45) is 2.28. The molecule has 0 saturated carbocycles. The summed E-state index contributed by atoms with van der Waals surface area (Å²) in [4.78, 5) is 0. The fourth-order valence-corrected chi connectivity index (χ4v) is 1.59. The second-order valence-electron chi connectivity index (χ2n) is 3.61. The summed E-state index contributed by atoms with van der Waals surface area (Å²) in [7, 11) is 2.08. The fraction of sp³-hybridized carbons (Fsp3) is 0.889. The Morgan fingerprint density at radius 1 is 1.64 bits per heavy atom. The van der Waals surface area contributed by atoms with Crippen molar-refractivity contribution >= 4 is 5.71 Å². The van der Waals surface area contributed by atoms with Crippen LogP contribution in [-0.2, 0) is 0 Å². The lowest BCUT2D eigenvalue weighted by Crippen LogP contribution is -2.27. The van der Waals surface area contributed by atoms with Crippen molar-refractivity contribution in [2.45, 2.75) is 39.7 Å². The summed E-state index contributed by atoms with van der Waals surface area (Å²) in [6, 6.07) is 0.643. The van der Waals surface area contributed by atoms with E-state index in [1.807, 2.05) is 0 Å². The fourth-order valence-electron chi connectivity index (χ4n) is 1.59. The molecule has 0 radical (unpaired) electrons. The van der Waals surface area contributed by atoms with Crippen molar-refractivity contribution in [3.8, 4) is 0 Å². The molecule has 1 unspecified atom stereocenters. The minimum atomic E-state index is 0.643. The Morgan fingerprint density at radius 2 is 2.27 bits per heavy atom. The van der Waals surface area contributed by atoms with E-state index in [1.165, 1.54) is 12.1 Å². The van der Waals surface area contributed by atoms with Crippen LogP contribution in [0.15, 0.2) is 5.10 Å². The zero-order valence-corrected chi connectivity index (χ0v) is 7.96. The molecule has 0 spiro atoms. The van der Waals surface area contributed by atoms with Crippen LogP contribution in [0, 0.1) is 5.92 Å². The number of hydrazone groups is 1. The highest BCUT2D eigenvalue weighted by molar-refractivity contribution is 5.85. The van der Waals surface area contributed by atoms with Gasteiger partial charge < -0.3 is 0 Å². The highest BCUT2D eigenvalue weighted by Gasteiger charge is 2.24. The smallest absolute Gasteiger partial charge is 0.0543 e. The van der Waals surface area contributed by atoms with Crippen molar-refractivity contribution in [1.82, 2.24) is 5.01 Å². The molecule has 11 heavy (non-hydrogen) atoms. The van der Waals surface area contributed by atoms with E-state index in [0.717, 1.165) is 6.42 Å². The Labute approximate surface area is 69.3 Å². The molecule has 2 heteroatoms. The van der Waals surface area contributed by atoms with E-state index in [4.69, 9.17) is 0 Å². The van der Waals surface area contributed by atoms with Crippen molar-refractivity contribution in [3.05, 3.63) is 0 Å². The molecule has 2 nitrogen and oxygen atoms in total. The van der Waals surface area contributed by atoms with Crippen LogP contribution in [-0.4, -0.2) is 23.8 Å². The molecule has 1 aliphatic heterocycles. The van der Waals surface area contributed by atoms with Crippen molar-refractivity contribution in [2.24, 2.45) is 11.0 Å². The van der Waals surface area contributed by atoms with Crippen molar-refractivity contribution in [2.75, 3.05) is 7.05 Å². The lowest BCUT2D eigenvalue weighted by molar-refractivity contribution is 0.228. The number of rotatable bonds is 2. The van der Waals surface area contributed by atoms with Gasteiger partial charge in [-0.2, -0.15) is 5.10 Å². The molecule has 1 rings (SSSR count). The Morgan fingerprint density at radius 3 is 2.55 bits per heavy atom. The molecule has 0 aliphatic carbocycles. The van der Waals surface area contributed by atoms with Gasteiger partial charge in [0.05, 0.1) is 6.04 Å². The standard InChI is InChI=1S/C9H18N2/c1-5-8-6-9(7(2)3)11(4)10-8/h7,9H,5-6H2,1-4H3. The molecule has 0 aromatic carbocycles. The molecule has 0 fully saturated rings. The van der Waals surface area contributed by atoms with Gasteiger partial charge in [-0.25, -0.2) is 0 Å². The zero-order chi connectivity index (χ0) is 8.43. The van der Waals surface area contributed by atoms with Gasteiger partial charge >= 0.3 is 0 Å². The monoisotopic (exact) mass is 154 g/mol. The SMILES string of the molecule is CCC1=NN(C)C(C(C)C)C1. The average molecular weight is 154 g/mol. The maximum absolute atomic E-state index is 4.46. The topological polar surface area (TPSA) is 15.6 Å². The van der Waals surface area contributed by atoms with Crippen LogP contribution in [0.1, 0.15) is 33.6 Å². The predicted octanol–water partition coefficient (Wildman–Crippen LogP) is 2.11. The van der Waals surface area contributed by atoms with Crippen LogP contribution in [0.2, 0.25) is 0 Å². The zero-order valence-electron chi connectivity index (χ0n) is 7.96. The summed E-state index contributed by atoms with van der Waals surface area (Å²) in [5.74, 6) is 0.716. The van der Waals surface area contributed by atoms with Crippen molar-refractivity contribution in [3.63, 3.8) is 0 Å². The molecule has 0 amide bonds. The van der Waals surface area contributed by atoms with Crippen molar-refractivity contribution in [1.29, 1.82) is 0 Å². The maximum atomic E-state index is 4.46.